The van der Waals surface area contributed by atoms with Crippen LogP contribution in [0.5, 0.6) is 0 Å². The SMILES string of the molecule is C[CH2][Al]([CH2]Cc1ccccc1C=Nc1ccccc1C)[NH]c1cccc(C)c1. The number of hydrogen-bond acceptors (Lipinski definition) is 2. The Hall–Kier alpha value is -2.34. The molecule has 0 saturated carbocycles. The third-order valence-electron chi connectivity index (χ3n) is 5.16. The highest BCUT2D eigenvalue weighted by Gasteiger charge is 2.17. The number of rotatable bonds is 8. The molecule has 0 amide bonds. The first-order valence-corrected chi connectivity index (χ1v) is 12.4. The number of aliphatic imine (C=N–C) groups is 1. The molecule has 0 aliphatic heterocycles. The molecule has 3 heteroatoms. The first-order chi connectivity index (χ1) is 13.7. The molecule has 3 rings (SSSR count). The molecule has 0 aliphatic rings. The van der Waals surface area contributed by atoms with Crippen LogP contribution in [0, 0.1) is 13.8 Å². The summed E-state index contributed by atoms with van der Waals surface area (Å²) in [7, 11) is 0. The zero-order valence-corrected chi connectivity index (χ0v) is 18.3. The molecule has 0 fully saturated rings. The number of para-hydroxylation sites is 1. The normalized spacial score (nSPS) is 11.0. The minimum atomic E-state index is -1.03. The quantitative estimate of drug-likeness (QED) is 0.338. The fraction of sp³-hybridized carbons (Fsp3) is 0.240. The highest BCUT2D eigenvalue weighted by atomic mass is 27.2. The average Bonchev–Trinajstić information content (AvgIpc) is 2.71. The van der Waals surface area contributed by atoms with Crippen molar-refractivity contribution in [1.82, 2.24) is 0 Å². The van der Waals surface area contributed by atoms with Crippen molar-refractivity contribution in [3.05, 3.63) is 95.1 Å². The molecular weight excluding hydrogens is 355 g/mol. The Morgan fingerprint density at radius 1 is 0.929 bits per heavy atom. The van der Waals surface area contributed by atoms with E-state index in [1.165, 1.54) is 38.5 Å². The molecule has 0 aliphatic carbocycles. The minimum absolute atomic E-state index is 1.03. The van der Waals surface area contributed by atoms with Crippen molar-refractivity contribution in [3.63, 3.8) is 0 Å². The summed E-state index contributed by atoms with van der Waals surface area (Å²) in [6, 6.07) is 25.6. The maximum absolute atomic E-state index is 4.73. The van der Waals surface area contributed by atoms with Gasteiger partial charge < -0.3 is 4.30 Å². The third-order valence-corrected chi connectivity index (χ3v) is 7.87. The van der Waals surface area contributed by atoms with Crippen LogP contribution in [0.2, 0.25) is 10.6 Å². The van der Waals surface area contributed by atoms with E-state index in [4.69, 9.17) is 4.99 Å². The summed E-state index contributed by atoms with van der Waals surface area (Å²) in [4.78, 5) is 4.73. The number of hydrogen-bond donors (Lipinski definition) is 1. The highest BCUT2D eigenvalue weighted by molar-refractivity contribution is 6.62. The molecule has 0 radical (unpaired) electrons. The Kier molecular flexibility index (Phi) is 7.48. The fourth-order valence-electron chi connectivity index (χ4n) is 3.41. The molecule has 0 heterocycles. The molecule has 0 bridgehead atoms. The van der Waals surface area contributed by atoms with Crippen molar-refractivity contribution >= 4 is 32.0 Å². The number of anilines is 1. The predicted molar refractivity (Wildman–Crippen MR) is 124 cm³/mol. The van der Waals surface area contributed by atoms with Gasteiger partial charge in [-0.1, -0.05) is 72.1 Å². The van der Waals surface area contributed by atoms with Crippen LogP contribution in [0.1, 0.15) is 29.2 Å². The van der Waals surface area contributed by atoms with Crippen LogP contribution in [0.3, 0.4) is 0 Å². The van der Waals surface area contributed by atoms with E-state index in [9.17, 15) is 0 Å². The Morgan fingerprint density at radius 2 is 1.71 bits per heavy atom. The van der Waals surface area contributed by atoms with Crippen LogP contribution >= 0.6 is 0 Å². The van der Waals surface area contributed by atoms with Gasteiger partial charge in [0, 0.05) is 11.9 Å². The number of nitrogens with one attached hydrogen (secondary N) is 1. The van der Waals surface area contributed by atoms with Gasteiger partial charge in [0.1, 0.15) is 0 Å². The fourth-order valence-corrected chi connectivity index (χ4v) is 5.48. The number of nitrogens with zero attached hydrogens (tertiary/aromatic N) is 1. The van der Waals surface area contributed by atoms with Crippen LogP contribution in [-0.4, -0.2) is 20.6 Å². The second kappa shape index (κ2) is 10.3. The lowest BCUT2D eigenvalue weighted by atomic mass is 10.1. The molecule has 1 N–H and O–H groups in total. The van der Waals surface area contributed by atoms with Crippen molar-refractivity contribution < 1.29 is 0 Å². The molecule has 0 saturated heterocycles. The van der Waals surface area contributed by atoms with Gasteiger partial charge in [-0.05, 0) is 60.7 Å². The molecule has 28 heavy (non-hydrogen) atoms. The molecule has 142 valence electrons. The maximum atomic E-state index is 4.73. The Balaban J connectivity index is 1.68. The maximum Gasteiger partial charge on any atom is 0.411 e. The van der Waals surface area contributed by atoms with E-state index in [1.54, 1.807) is 0 Å². The Labute approximate surface area is 174 Å². The van der Waals surface area contributed by atoms with E-state index in [1.807, 2.05) is 12.3 Å². The predicted octanol–water partition coefficient (Wildman–Crippen LogP) is 6.72. The van der Waals surface area contributed by atoms with E-state index in [0.29, 0.717) is 0 Å². The minimum Gasteiger partial charge on any atom is -0.476 e. The second-order valence-electron chi connectivity index (χ2n) is 7.40. The summed E-state index contributed by atoms with van der Waals surface area (Å²) in [5.74, 6) is 0. The summed E-state index contributed by atoms with van der Waals surface area (Å²) in [6.07, 6.45) is 3.12. The molecule has 0 unspecified atom stereocenters. The Bertz CT molecular complexity index is 933. The smallest absolute Gasteiger partial charge is 0.411 e. The van der Waals surface area contributed by atoms with Crippen LogP contribution in [0.25, 0.3) is 0 Å². The summed E-state index contributed by atoms with van der Waals surface area (Å²) in [5.41, 5.74) is 7.44. The van der Waals surface area contributed by atoms with Crippen LogP contribution in [-0.2, 0) is 6.42 Å². The first kappa shape index (κ1) is 20.4. The van der Waals surface area contributed by atoms with Crippen molar-refractivity contribution in [1.29, 1.82) is 0 Å². The van der Waals surface area contributed by atoms with Gasteiger partial charge in [-0.2, -0.15) is 0 Å². The van der Waals surface area contributed by atoms with Crippen molar-refractivity contribution in [2.75, 3.05) is 4.30 Å². The molecule has 3 aromatic carbocycles. The standard InChI is InChI=1S/C16H16N.C7H8N.C2H5.Al/c1-3-14-9-5-6-10-15(14)12-17-16-11-7-4-8-13(16)2;1-6-3-2-4-7(8)5-6;1-2;/h4-12H,1,3H2,2H3;2-5,8H,1H3;1H2,2H3;/q;-1;;+1. The second-order valence-corrected chi connectivity index (χ2v) is 10.5. The van der Waals surface area contributed by atoms with Crippen molar-refractivity contribution in [2.45, 2.75) is 37.8 Å². The summed E-state index contributed by atoms with van der Waals surface area (Å²) in [5, 5.41) is 2.48. The topological polar surface area (TPSA) is 24.4 Å². The highest BCUT2D eigenvalue weighted by Crippen LogP contribution is 2.19. The largest absolute Gasteiger partial charge is 0.476 e. The molecule has 3 aromatic rings. The van der Waals surface area contributed by atoms with E-state index in [0.717, 1.165) is 12.1 Å². The lowest BCUT2D eigenvalue weighted by molar-refractivity contribution is 1.09. The summed E-state index contributed by atoms with van der Waals surface area (Å²) < 4.78 is 3.83. The lowest BCUT2D eigenvalue weighted by Gasteiger charge is -2.14. The van der Waals surface area contributed by atoms with Crippen molar-refractivity contribution in [3.8, 4) is 0 Å². The monoisotopic (exact) mass is 384 g/mol. The van der Waals surface area contributed by atoms with E-state index < -0.39 is 14.4 Å². The number of aryl methyl sites for hydroxylation is 3. The van der Waals surface area contributed by atoms with Gasteiger partial charge in [-0.25, -0.2) is 0 Å². The van der Waals surface area contributed by atoms with Gasteiger partial charge in [0.05, 0.1) is 5.69 Å². The average molecular weight is 385 g/mol. The van der Waals surface area contributed by atoms with E-state index in [2.05, 4.69) is 91.8 Å². The molecule has 2 nitrogen and oxygen atoms in total. The summed E-state index contributed by atoms with van der Waals surface area (Å²) >= 11 is -1.03. The number of benzene rings is 3. The molecular formula is C25H29AlN2. The summed E-state index contributed by atoms with van der Waals surface area (Å²) in [6.45, 7) is 6.57. The van der Waals surface area contributed by atoms with Crippen molar-refractivity contribution in [2.24, 2.45) is 4.99 Å². The van der Waals surface area contributed by atoms with Gasteiger partial charge >= 0.3 is 14.4 Å². The van der Waals surface area contributed by atoms with Crippen LogP contribution < -0.4 is 4.30 Å². The molecule has 0 aromatic heterocycles. The zero-order valence-electron chi connectivity index (χ0n) is 17.2. The van der Waals surface area contributed by atoms with Gasteiger partial charge in [0.25, 0.3) is 0 Å². The first-order valence-electron chi connectivity index (χ1n) is 10.2. The zero-order chi connectivity index (χ0) is 19.8. The molecule has 0 spiro atoms. The van der Waals surface area contributed by atoms with E-state index >= 15 is 0 Å². The van der Waals surface area contributed by atoms with Gasteiger partial charge in [0.2, 0.25) is 0 Å². The van der Waals surface area contributed by atoms with E-state index in [-0.39, 0.29) is 0 Å². The van der Waals surface area contributed by atoms with Gasteiger partial charge in [-0.15, -0.1) is 0 Å². The third kappa shape index (κ3) is 5.83. The Morgan fingerprint density at radius 3 is 2.50 bits per heavy atom. The lowest BCUT2D eigenvalue weighted by Crippen LogP contribution is -2.24. The van der Waals surface area contributed by atoms with Crippen LogP contribution in [0.15, 0.2) is 77.8 Å². The van der Waals surface area contributed by atoms with Crippen LogP contribution in [0.4, 0.5) is 11.4 Å². The van der Waals surface area contributed by atoms with Gasteiger partial charge in [-0.3, -0.25) is 4.99 Å². The molecule has 0 atom stereocenters. The van der Waals surface area contributed by atoms with Gasteiger partial charge in [0.15, 0.2) is 0 Å².